The number of benzene rings is 1. The summed E-state index contributed by atoms with van der Waals surface area (Å²) in [7, 11) is 0. The molecule has 4 aliphatic rings. The van der Waals surface area contributed by atoms with Crippen LogP contribution in [0.25, 0.3) is 0 Å². The Kier molecular flexibility index (Phi) is 7.69. The summed E-state index contributed by atoms with van der Waals surface area (Å²) in [6.45, 7) is 14.3. The van der Waals surface area contributed by atoms with Crippen LogP contribution in [0.3, 0.4) is 0 Å². The number of likely N-dealkylation sites (tertiary alicyclic amines) is 1. The molecule has 2 bridgehead atoms. The third kappa shape index (κ3) is 6.39. The number of fused-ring (bicyclic) bond motifs is 4. The normalized spacial score (nSPS) is 22.3. The van der Waals surface area contributed by atoms with Crippen molar-refractivity contribution in [1.82, 2.24) is 9.88 Å². The number of piperidine rings is 1. The standard InChI is InChI=1S/C33H44N4O6/c1-32(2,3)42-30(38)35-15-12-21(13-16-35)22-7-10-28-27(17-22)37(31(39)43-33(4,5)6)29-25(20-40-28)26(11-14-34-29)36-18-23-8-9-24(19-36)41-23/h7,10-11,14,17,21,23-24H,8-9,12-13,15-16,18-20H2,1-6H3/t23-,24+. The first kappa shape index (κ1) is 29.5. The van der Waals surface area contributed by atoms with Crippen molar-refractivity contribution in [2.75, 3.05) is 36.0 Å². The van der Waals surface area contributed by atoms with E-state index in [4.69, 9.17) is 23.9 Å². The summed E-state index contributed by atoms with van der Waals surface area (Å²) in [6.07, 6.45) is 5.17. The van der Waals surface area contributed by atoms with Crippen LogP contribution in [0.5, 0.6) is 5.75 Å². The van der Waals surface area contributed by atoms with Gasteiger partial charge in [0.1, 0.15) is 23.6 Å². The number of carbonyl (C=O) groups is 2. The van der Waals surface area contributed by atoms with Crippen molar-refractivity contribution in [3.63, 3.8) is 0 Å². The van der Waals surface area contributed by atoms with Gasteiger partial charge in [-0.2, -0.15) is 0 Å². The molecule has 1 aromatic carbocycles. The predicted octanol–water partition coefficient (Wildman–Crippen LogP) is 6.53. The lowest BCUT2D eigenvalue weighted by atomic mass is 9.89. The molecule has 6 rings (SSSR count). The van der Waals surface area contributed by atoms with Crippen LogP contribution in [0.2, 0.25) is 0 Å². The van der Waals surface area contributed by atoms with Gasteiger partial charge < -0.3 is 28.7 Å². The lowest BCUT2D eigenvalue weighted by Gasteiger charge is -2.35. The van der Waals surface area contributed by atoms with Gasteiger partial charge in [-0.3, -0.25) is 0 Å². The van der Waals surface area contributed by atoms with E-state index in [0.29, 0.717) is 30.3 Å². The second kappa shape index (κ2) is 11.2. The minimum Gasteiger partial charge on any atom is -0.486 e. The summed E-state index contributed by atoms with van der Waals surface area (Å²) in [5.41, 5.74) is 2.36. The number of anilines is 3. The maximum atomic E-state index is 13.9. The quantitative estimate of drug-likeness (QED) is 0.389. The first-order valence-corrected chi connectivity index (χ1v) is 15.5. The first-order chi connectivity index (χ1) is 20.3. The number of nitrogens with zero attached hydrogens (tertiary/aromatic N) is 4. The van der Waals surface area contributed by atoms with Crippen LogP contribution in [0.1, 0.15) is 84.3 Å². The van der Waals surface area contributed by atoms with Gasteiger partial charge in [-0.25, -0.2) is 19.5 Å². The molecule has 0 saturated carbocycles. The minimum absolute atomic E-state index is 0.218. The van der Waals surface area contributed by atoms with Gasteiger partial charge in [0.2, 0.25) is 0 Å². The zero-order valence-corrected chi connectivity index (χ0v) is 26.2. The van der Waals surface area contributed by atoms with Gasteiger partial charge in [-0.1, -0.05) is 6.07 Å². The molecule has 3 fully saturated rings. The molecule has 0 radical (unpaired) electrons. The zero-order chi connectivity index (χ0) is 30.5. The molecule has 0 N–H and O–H groups in total. The molecule has 10 nitrogen and oxygen atoms in total. The maximum absolute atomic E-state index is 13.9. The summed E-state index contributed by atoms with van der Waals surface area (Å²) < 4.78 is 24.0. The van der Waals surface area contributed by atoms with E-state index in [1.165, 1.54) is 0 Å². The van der Waals surface area contributed by atoms with Crippen molar-refractivity contribution in [3.05, 3.63) is 41.6 Å². The Labute approximate surface area is 254 Å². The zero-order valence-electron chi connectivity index (χ0n) is 26.2. The lowest BCUT2D eigenvalue weighted by molar-refractivity contribution is 0.0204. The van der Waals surface area contributed by atoms with E-state index in [-0.39, 0.29) is 30.8 Å². The second-order valence-corrected chi connectivity index (χ2v) is 14.1. The molecular formula is C33H44N4O6. The molecule has 4 aliphatic heterocycles. The van der Waals surface area contributed by atoms with Crippen molar-refractivity contribution in [3.8, 4) is 5.75 Å². The molecule has 0 unspecified atom stereocenters. The number of ether oxygens (including phenoxy) is 4. The van der Waals surface area contributed by atoms with Gasteiger partial charge in [0.15, 0.2) is 5.82 Å². The third-order valence-corrected chi connectivity index (χ3v) is 8.39. The largest absolute Gasteiger partial charge is 0.486 e. The van der Waals surface area contributed by atoms with Crippen molar-refractivity contribution in [2.24, 2.45) is 0 Å². The minimum atomic E-state index is -0.697. The highest BCUT2D eigenvalue weighted by Gasteiger charge is 2.38. The van der Waals surface area contributed by atoms with Crippen molar-refractivity contribution in [1.29, 1.82) is 0 Å². The number of pyridine rings is 1. The first-order valence-electron chi connectivity index (χ1n) is 15.5. The van der Waals surface area contributed by atoms with E-state index in [0.717, 1.165) is 55.6 Å². The molecule has 2 aromatic rings. The highest BCUT2D eigenvalue weighted by atomic mass is 16.6. The molecule has 2 atom stereocenters. The highest BCUT2D eigenvalue weighted by molar-refractivity contribution is 5.99. The van der Waals surface area contributed by atoms with E-state index in [9.17, 15) is 9.59 Å². The van der Waals surface area contributed by atoms with Crippen LogP contribution >= 0.6 is 0 Å². The van der Waals surface area contributed by atoms with Gasteiger partial charge in [0.05, 0.1) is 23.5 Å². The number of rotatable bonds is 2. The summed E-state index contributed by atoms with van der Waals surface area (Å²) >= 11 is 0. The van der Waals surface area contributed by atoms with Crippen LogP contribution in [-0.2, 0) is 20.8 Å². The predicted molar refractivity (Wildman–Crippen MR) is 163 cm³/mol. The van der Waals surface area contributed by atoms with E-state index >= 15 is 0 Å². The average molecular weight is 593 g/mol. The molecule has 0 aliphatic carbocycles. The van der Waals surface area contributed by atoms with E-state index in [1.807, 2.05) is 59.7 Å². The molecule has 10 heteroatoms. The summed E-state index contributed by atoms with van der Waals surface area (Å²) in [6, 6.07) is 8.07. The Morgan fingerprint density at radius 2 is 1.51 bits per heavy atom. The fourth-order valence-electron chi connectivity index (χ4n) is 6.47. The van der Waals surface area contributed by atoms with Crippen molar-refractivity contribution < 1.29 is 28.5 Å². The highest BCUT2D eigenvalue weighted by Crippen LogP contribution is 2.45. The van der Waals surface area contributed by atoms with Crippen LogP contribution in [0.4, 0.5) is 26.8 Å². The van der Waals surface area contributed by atoms with Crippen LogP contribution in [0.15, 0.2) is 30.5 Å². The van der Waals surface area contributed by atoms with Crippen LogP contribution in [0, 0.1) is 0 Å². The third-order valence-electron chi connectivity index (χ3n) is 8.39. The van der Waals surface area contributed by atoms with E-state index < -0.39 is 17.3 Å². The van der Waals surface area contributed by atoms with Gasteiger partial charge in [0, 0.05) is 38.1 Å². The lowest BCUT2D eigenvalue weighted by Crippen LogP contribution is -2.43. The van der Waals surface area contributed by atoms with Gasteiger partial charge >= 0.3 is 12.2 Å². The SMILES string of the molecule is CC(C)(C)OC(=O)N1CCC(c2ccc3c(c2)N(C(=O)OC(C)(C)C)c2nccc(N4C[C@H]5CC[C@@H](C4)O5)c2CO3)CC1. The Morgan fingerprint density at radius 3 is 2.16 bits per heavy atom. The van der Waals surface area contributed by atoms with Crippen LogP contribution in [-0.4, -0.2) is 71.7 Å². The summed E-state index contributed by atoms with van der Waals surface area (Å²) in [5, 5.41) is 0. The second-order valence-electron chi connectivity index (χ2n) is 14.1. The number of morpholine rings is 1. The van der Waals surface area contributed by atoms with Gasteiger partial charge in [-0.05, 0) is 96.9 Å². The molecule has 0 spiro atoms. The number of amides is 2. The molecule has 2 amide bonds. The Morgan fingerprint density at radius 1 is 0.860 bits per heavy atom. The Hall–Kier alpha value is -3.53. The molecule has 3 saturated heterocycles. The van der Waals surface area contributed by atoms with Crippen LogP contribution < -0.4 is 14.5 Å². The smallest absolute Gasteiger partial charge is 0.420 e. The molecular weight excluding hydrogens is 548 g/mol. The van der Waals surface area contributed by atoms with E-state index in [2.05, 4.69) is 11.0 Å². The fourth-order valence-corrected chi connectivity index (χ4v) is 6.47. The van der Waals surface area contributed by atoms with Gasteiger partial charge in [0.25, 0.3) is 0 Å². The topological polar surface area (TPSA) is 93.7 Å². The average Bonchev–Trinajstić information content (AvgIpc) is 3.17. The number of hydrogen-bond acceptors (Lipinski definition) is 8. The summed E-state index contributed by atoms with van der Waals surface area (Å²) in [4.78, 5) is 37.0. The fraction of sp³-hybridized carbons (Fsp3) is 0.606. The number of carbonyl (C=O) groups excluding carboxylic acids is 2. The van der Waals surface area contributed by atoms with Crippen molar-refractivity contribution >= 4 is 29.4 Å². The summed E-state index contributed by atoms with van der Waals surface area (Å²) in [5.74, 6) is 1.35. The molecule has 43 heavy (non-hydrogen) atoms. The Balaban J connectivity index is 1.31. The molecule has 1 aromatic heterocycles. The van der Waals surface area contributed by atoms with Crippen molar-refractivity contribution in [2.45, 2.75) is 103 Å². The maximum Gasteiger partial charge on any atom is 0.420 e. The molecule has 5 heterocycles. The molecule has 232 valence electrons. The number of hydrogen-bond donors (Lipinski definition) is 0. The van der Waals surface area contributed by atoms with E-state index in [1.54, 1.807) is 16.0 Å². The Bertz CT molecular complexity index is 1360. The monoisotopic (exact) mass is 592 g/mol. The number of aromatic nitrogens is 1. The van der Waals surface area contributed by atoms with Gasteiger partial charge in [-0.15, -0.1) is 0 Å².